The second-order valence-electron chi connectivity index (χ2n) is 6.38. The van der Waals surface area contributed by atoms with Crippen molar-refractivity contribution in [3.8, 4) is 0 Å². The summed E-state index contributed by atoms with van der Waals surface area (Å²) < 4.78 is 0. The SMILES string of the molecule is CNCc1cc(Cl)ccc1N1CCN(CC(C)(C)O)CC1. The van der Waals surface area contributed by atoms with Crippen molar-refractivity contribution >= 4 is 17.3 Å². The highest BCUT2D eigenvalue weighted by atomic mass is 35.5. The van der Waals surface area contributed by atoms with Gasteiger partial charge in [-0.2, -0.15) is 0 Å². The summed E-state index contributed by atoms with van der Waals surface area (Å²) in [6, 6.07) is 6.11. The van der Waals surface area contributed by atoms with E-state index in [0.717, 1.165) is 44.3 Å². The molecule has 2 rings (SSSR count). The minimum absolute atomic E-state index is 0.625. The fourth-order valence-corrected chi connectivity index (χ4v) is 3.08. The van der Waals surface area contributed by atoms with Gasteiger partial charge in [0, 0.05) is 50.0 Å². The van der Waals surface area contributed by atoms with Crippen LogP contribution in [0.4, 0.5) is 5.69 Å². The van der Waals surface area contributed by atoms with E-state index in [1.165, 1.54) is 11.3 Å². The summed E-state index contributed by atoms with van der Waals surface area (Å²) in [6.45, 7) is 9.19. The van der Waals surface area contributed by atoms with E-state index in [4.69, 9.17) is 11.6 Å². The molecule has 0 unspecified atom stereocenters. The first-order valence-corrected chi connectivity index (χ1v) is 7.89. The first-order chi connectivity index (χ1) is 9.89. The maximum absolute atomic E-state index is 9.92. The molecule has 5 heteroatoms. The lowest BCUT2D eigenvalue weighted by atomic mass is 10.1. The number of nitrogens with one attached hydrogen (secondary N) is 1. The molecule has 1 aromatic rings. The lowest BCUT2D eigenvalue weighted by Gasteiger charge is -2.39. The van der Waals surface area contributed by atoms with Crippen molar-refractivity contribution < 1.29 is 5.11 Å². The standard InChI is InChI=1S/C16H26ClN3O/c1-16(2,21)12-19-6-8-20(9-7-19)15-5-4-14(17)10-13(15)11-18-3/h4-5,10,18,21H,6-9,11-12H2,1-3H3. The van der Waals surface area contributed by atoms with Gasteiger partial charge in [0.2, 0.25) is 0 Å². The number of piperazine rings is 1. The van der Waals surface area contributed by atoms with Gasteiger partial charge in [-0.3, -0.25) is 4.90 Å². The number of halogens is 1. The van der Waals surface area contributed by atoms with E-state index in [2.05, 4.69) is 21.2 Å². The Morgan fingerprint density at radius 2 is 1.90 bits per heavy atom. The van der Waals surface area contributed by atoms with Gasteiger partial charge in [0.1, 0.15) is 0 Å². The van der Waals surface area contributed by atoms with Crippen LogP contribution >= 0.6 is 11.6 Å². The molecule has 0 atom stereocenters. The molecule has 1 aliphatic rings. The van der Waals surface area contributed by atoms with E-state index in [9.17, 15) is 5.11 Å². The van der Waals surface area contributed by atoms with Gasteiger partial charge in [0.05, 0.1) is 5.60 Å². The van der Waals surface area contributed by atoms with Crippen molar-refractivity contribution in [1.82, 2.24) is 10.2 Å². The Kier molecular flexibility index (Phi) is 5.49. The van der Waals surface area contributed by atoms with Crippen LogP contribution in [0, 0.1) is 0 Å². The second-order valence-corrected chi connectivity index (χ2v) is 6.82. The van der Waals surface area contributed by atoms with Gasteiger partial charge in [0.15, 0.2) is 0 Å². The van der Waals surface area contributed by atoms with Crippen LogP contribution in [0.15, 0.2) is 18.2 Å². The van der Waals surface area contributed by atoms with Crippen molar-refractivity contribution in [3.05, 3.63) is 28.8 Å². The highest BCUT2D eigenvalue weighted by Crippen LogP contribution is 2.25. The van der Waals surface area contributed by atoms with Crippen molar-refractivity contribution in [1.29, 1.82) is 0 Å². The summed E-state index contributed by atoms with van der Waals surface area (Å²) in [5, 5.41) is 13.9. The lowest BCUT2D eigenvalue weighted by molar-refractivity contribution is 0.0345. The minimum atomic E-state index is -0.625. The zero-order valence-electron chi connectivity index (χ0n) is 13.2. The molecule has 1 saturated heterocycles. The molecule has 21 heavy (non-hydrogen) atoms. The fourth-order valence-electron chi connectivity index (χ4n) is 2.89. The van der Waals surface area contributed by atoms with Crippen LogP contribution in [0.3, 0.4) is 0 Å². The molecule has 0 aliphatic carbocycles. The molecule has 0 amide bonds. The van der Waals surface area contributed by atoms with Crippen molar-refractivity contribution in [3.63, 3.8) is 0 Å². The van der Waals surface area contributed by atoms with E-state index in [1.807, 2.05) is 33.0 Å². The zero-order chi connectivity index (χ0) is 15.5. The monoisotopic (exact) mass is 311 g/mol. The van der Waals surface area contributed by atoms with Gasteiger partial charge in [-0.15, -0.1) is 0 Å². The maximum atomic E-state index is 9.92. The third-order valence-electron chi connectivity index (χ3n) is 3.73. The normalized spacial score (nSPS) is 17.3. The summed E-state index contributed by atoms with van der Waals surface area (Å²) in [6.07, 6.45) is 0. The molecule has 1 aromatic carbocycles. The summed E-state index contributed by atoms with van der Waals surface area (Å²) in [5.74, 6) is 0. The Hall–Kier alpha value is -0.810. The number of rotatable bonds is 5. The number of benzene rings is 1. The third-order valence-corrected chi connectivity index (χ3v) is 3.97. The number of aliphatic hydroxyl groups is 1. The van der Waals surface area contributed by atoms with E-state index in [0.29, 0.717) is 0 Å². The Balaban J connectivity index is 2.02. The van der Waals surface area contributed by atoms with Crippen molar-refractivity contribution in [2.24, 2.45) is 0 Å². The molecule has 1 heterocycles. The molecule has 2 N–H and O–H groups in total. The van der Waals surface area contributed by atoms with Gasteiger partial charge in [-0.25, -0.2) is 0 Å². The number of anilines is 1. The summed E-state index contributed by atoms with van der Waals surface area (Å²) in [7, 11) is 1.95. The third kappa shape index (κ3) is 4.85. The Morgan fingerprint density at radius 1 is 1.24 bits per heavy atom. The zero-order valence-corrected chi connectivity index (χ0v) is 14.0. The molecule has 0 bridgehead atoms. The van der Waals surface area contributed by atoms with Gasteiger partial charge < -0.3 is 15.3 Å². The first-order valence-electron chi connectivity index (χ1n) is 7.52. The van der Waals surface area contributed by atoms with Crippen LogP contribution < -0.4 is 10.2 Å². The Labute approximate surface area is 132 Å². The molecule has 0 aromatic heterocycles. The topological polar surface area (TPSA) is 38.7 Å². The minimum Gasteiger partial charge on any atom is -0.389 e. The molecule has 0 saturated carbocycles. The first kappa shape index (κ1) is 16.6. The predicted octanol–water partition coefficient (Wildman–Crippen LogP) is 1.95. The molecule has 0 spiro atoms. The summed E-state index contributed by atoms with van der Waals surface area (Å²) in [4.78, 5) is 4.73. The molecule has 0 radical (unpaired) electrons. The molecular formula is C16H26ClN3O. The largest absolute Gasteiger partial charge is 0.389 e. The molecule has 118 valence electrons. The lowest BCUT2D eigenvalue weighted by Crippen LogP contribution is -2.50. The van der Waals surface area contributed by atoms with Crippen LogP contribution in [-0.4, -0.2) is 55.4 Å². The summed E-state index contributed by atoms with van der Waals surface area (Å²) in [5.41, 5.74) is 1.87. The van der Waals surface area contributed by atoms with Gasteiger partial charge in [0.25, 0.3) is 0 Å². The smallest absolute Gasteiger partial charge is 0.0718 e. The maximum Gasteiger partial charge on any atom is 0.0718 e. The van der Waals surface area contributed by atoms with E-state index in [1.54, 1.807) is 0 Å². The average molecular weight is 312 g/mol. The number of β-amino-alcohol motifs (C(OH)–C–C–N with tert-alkyl or cyclic N) is 1. The Morgan fingerprint density at radius 3 is 2.48 bits per heavy atom. The number of hydrogen-bond donors (Lipinski definition) is 2. The van der Waals surface area contributed by atoms with E-state index < -0.39 is 5.60 Å². The van der Waals surface area contributed by atoms with Crippen LogP contribution in [0.2, 0.25) is 5.02 Å². The number of hydrogen-bond acceptors (Lipinski definition) is 4. The predicted molar refractivity (Wildman–Crippen MR) is 89.2 cm³/mol. The Bertz CT molecular complexity index is 465. The van der Waals surface area contributed by atoms with Crippen LogP contribution in [0.25, 0.3) is 0 Å². The molecule has 4 nitrogen and oxygen atoms in total. The van der Waals surface area contributed by atoms with Gasteiger partial charge in [-0.1, -0.05) is 11.6 Å². The van der Waals surface area contributed by atoms with Crippen LogP contribution in [0.1, 0.15) is 19.4 Å². The molecule has 1 fully saturated rings. The highest BCUT2D eigenvalue weighted by Gasteiger charge is 2.23. The number of nitrogens with zero attached hydrogens (tertiary/aromatic N) is 2. The van der Waals surface area contributed by atoms with Crippen LogP contribution in [-0.2, 0) is 6.54 Å². The second kappa shape index (κ2) is 6.97. The van der Waals surface area contributed by atoms with Gasteiger partial charge >= 0.3 is 0 Å². The average Bonchev–Trinajstić information content (AvgIpc) is 2.39. The summed E-state index contributed by atoms with van der Waals surface area (Å²) >= 11 is 6.10. The molecular weight excluding hydrogens is 286 g/mol. The quantitative estimate of drug-likeness (QED) is 0.872. The van der Waals surface area contributed by atoms with Crippen LogP contribution in [0.5, 0.6) is 0 Å². The van der Waals surface area contributed by atoms with Crippen molar-refractivity contribution in [2.45, 2.75) is 26.0 Å². The van der Waals surface area contributed by atoms with E-state index >= 15 is 0 Å². The van der Waals surface area contributed by atoms with Crippen molar-refractivity contribution in [2.75, 3.05) is 44.7 Å². The highest BCUT2D eigenvalue weighted by molar-refractivity contribution is 6.30. The van der Waals surface area contributed by atoms with Gasteiger partial charge in [-0.05, 0) is 44.7 Å². The molecule has 1 aliphatic heterocycles. The fraction of sp³-hybridized carbons (Fsp3) is 0.625. The van der Waals surface area contributed by atoms with E-state index in [-0.39, 0.29) is 0 Å².